The molecule has 0 unspecified atom stereocenters. The van der Waals surface area contributed by atoms with Crippen molar-refractivity contribution in [3.05, 3.63) is 12.7 Å². The van der Waals surface area contributed by atoms with E-state index in [1.165, 1.54) is 38.5 Å². The molecule has 2 N–H and O–H groups in total. The van der Waals surface area contributed by atoms with Crippen LogP contribution < -0.4 is 5.32 Å². The summed E-state index contributed by atoms with van der Waals surface area (Å²) in [4.78, 5) is 15.6. The number of nitrogens with zero attached hydrogens (tertiary/aromatic N) is 3. The number of anilines is 1. The van der Waals surface area contributed by atoms with Gasteiger partial charge in [-0.1, -0.05) is 32.1 Å². The molecule has 1 aliphatic rings. The summed E-state index contributed by atoms with van der Waals surface area (Å²) in [5.74, 6) is 1.76. The SMILES string of the molecule is c1nc(NCCC2CCCCC2)c2[nH]cnc2n1. The fourth-order valence-electron chi connectivity index (χ4n) is 2.77. The van der Waals surface area contributed by atoms with Crippen molar-refractivity contribution in [1.82, 2.24) is 19.9 Å². The summed E-state index contributed by atoms with van der Waals surface area (Å²) < 4.78 is 0. The Morgan fingerprint density at radius 3 is 2.94 bits per heavy atom. The maximum absolute atomic E-state index is 4.27. The molecule has 0 aromatic carbocycles. The standard InChI is InChI=1S/C13H19N5/c1-2-4-10(5-3-1)6-7-14-12-11-13(16-8-15-11)18-9-17-12/h8-10H,1-7H2,(H2,14,15,16,17,18). The van der Waals surface area contributed by atoms with Crippen molar-refractivity contribution in [2.75, 3.05) is 11.9 Å². The number of aromatic amines is 1. The smallest absolute Gasteiger partial charge is 0.182 e. The molecular weight excluding hydrogens is 226 g/mol. The van der Waals surface area contributed by atoms with Crippen LogP contribution in [0.3, 0.4) is 0 Å². The summed E-state index contributed by atoms with van der Waals surface area (Å²) in [6.45, 7) is 0.982. The van der Waals surface area contributed by atoms with E-state index in [1.807, 2.05) is 0 Å². The predicted octanol–water partition coefficient (Wildman–Crippen LogP) is 2.74. The molecule has 0 aliphatic heterocycles. The summed E-state index contributed by atoms with van der Waals surface area (Å²) in [7, 11) is 0. The highest BCUT2D eigenvalue weighted by molar-refractivity contribution is 5.81. The van der Waals surface area contributed by atoms with Gasteiger partial charge in [-0.05, 0) is 12.3 Å². The van der Waals surface area contributed by atoms with E-state index in [0.29, 0.717) is 0 Å². The zero-order valence-corrected chi connectivity index (χ0v) is 10.5. The van der Waals surface area contributed by atoms with Crippen LogP contribution >= 0.6 is 0 Å². The van der Waals surface area contributed by atoms with Crippen LogP contribution in [-0.2, 0) is 0 Å². The average molecular weight is 245 g/mol. The third kappa shape index (κ3) is 2.44. The van der Waals surface area contributed by atoms with Gasteiger partial charge in [0.2, 0.25) is 0 Å². The molecule has 3 rings (SSSR count). The molecule has 2 heterocycles. The lowest BCUT2D eigenvalue weighted by Gasteiger charge is -2.21. The number of H-pyrrole nitrogens is 1. The number of nitrogens with one attached hydrogen (secondary N) is 2. The van der Waals surface area contributed by atoms with E-state index in [4.69, 9.17) is 0 Å². The molecule has 0 bridgehead atoms. The molecule has 0 atom stereocenters. The lowest BCUT2D eigenvalue weighted by molar-refractivity contribution is 0.345. The lowest BCUT2D eigenvalue weighted by Crippen LogP contribution is -2.13. The molecule has 1 aliphatic carbocycles. The quantitative estimate of drug-likeness (QED) is 0.869. The highest BCUT2D eigenvalue weighted by Crippen LogP contribution is 2.26. The van der Waals surface area contributed by atoms with Gasteiger partial charge in [-0.2, -0.15) is 0 Å². The molecule has 5 heteroatoms. The summed E-state index contributed by atoms with van der Waals surface area (Å²) in [6.07, 6.45) is 11.5. The van der Waals surface area contributed by atoms with Gasteiger partial charge in [-0.15, -0.1) is 0 Å². The Hall–Kier alpha value is -1.65. The van der Waals surface area contributed by atoms with Crippen molar-refractivity contribution >= 4 is 17.0 Å². The Balaban J connectivity index is 1.57. The minimum atomic E-state index is 0.727. The van der Waals surface area contributed by atoms with E-state index in [9.17, 15) is 0 Å². The average Bonchev–Trinajstić information content (AvgIpc) is 2.89. The topological polar surface area (TPSA) is 66.5 Å². The molecule has 2 aromatic heterocycles. The second-order valence-electron chi connectivity index (χ2n) is 5.04. The van der Waals surface area contributed by atoms with Crippen LogP contribution in [0, 0.1) is 5.92 Å². The van der Waals surface area contributed by atoms with Crippen molar-refractivity contribution in [1.29, 1.82) is 0 Å². The molecule has 0 radical (unpaired) electrons. The van der Waals surface area contributed by atoms with E-state index >= 15 is 0 Å². The van der Waals surface area contributed by atoms with E-state index < -0.39 is 0 Å². The highest BCUT2D eigenvalue weighted by Gasteiger charge is 2.13. The van der Waals surface area contributed by atoms with Crippen LogP contribution in [0.5, 0.6) is 0 Å². The van der Waals surface area contributed by atoms with Crippen LogP contribution in [0.4, 0.5) is 5.82 Å². The Morgan fingerprint density at radius 2 is 2.06 bits per heavy atom. The maximum Gasteiger partial charge on any atom is 0.182 e. The van der Waals surface area contributed by atoms with E-state index in [0.717, 1.165) is 29.4 Å². The number of aromatic nitrogens is 4. The van der Waals surface area contributed by atoms with E-state index in [1.54, 1.807) is 12.7 Å². The molecule has 0 saturated heterocycles. The minimum absolute atomic E-state index is 0.727. The molecule has 5 nitrogen and oxygen atoms in total. The van der Waals surface area contributed by atoms with Gasteiger partial charge in [-0.25, -0.2) is 15.0 Å². The lowest BCUT2D eigenvalue weighted by atomic mass is 9.87. The Morgan fingerprint density at radius 1 is 1.17 bits per heavy atom. The predicted molar refractivity (Wildman–Crippen MR) is 71.4 cm³/mol. The third-order valence-electron chi connectivity index (χ3n) is 3.79. The van der Waals surface area contributed by atoms with Gasteiger partial charge in [0.05, 0.1) is 6.33 Å². The van der Waals surface area contributed by atoms with Crippen molar-refractivity contribution in [2.45, 2.75) is 38.5 Å². The number of fused-ring (bicyclic) bond motifs is 1. The number of rotatable bonds is 4. The molecular formula is C13H19N5. The summed E-state index contributed by atoms with van der Waals surface area (Å²) in [5.41, 5.74) is 1.63. The first-order valence-electron chi connectivity index (χ1n) is 6.81. The van der Waals surface area contributed by atoms with Gasteiger partial charge >= 0.3 is 0 Å². The van der Waals surface area contributed by atoms with Crippen molar-refractivity contribution in [3.63, 3.8) is 0 Å². The van der Waals surface area contributed by atoms with Gasteiger partial charge in [0, 0.05) is 6.54 Å². The second kappa shape index (κ2) is 5.33. The summed E-state index contributed by atoms with van der Waals surface area (Å²) in [5, 5.41) is 3.40. The van der Waals surface area contributed by atoms with Gasteiger partial charge < -0.3 is 10.3 Å². The second-order valence-corrected chi connectivity index (χ2v) is 5.04. The Kier molecular flexibility index (Phi) is 3.39. The summed E-state index contributed by atoms with van der Waals surface area (Å²) >= 11 is 0. The van der Waals surface area contributed by atoms with Crippen LogP contribution in [0.15, 0.2) is 12.7 Å². The van der Waals surface area contributed by atoms with E-state index in [2.05, 4.69) is 25.3 Å². The zero-order chi connectivity index (χ0) is 12.2. The van der Waals surface area contributed by atoms with Gasteiger partial charge in [0.15, 0.2) is 11.5 Å². The van der Waals surface area contributed by atoms with Gasteiger partial charge in [0.1, 0.15) is 11.8 Å². The normalized spacial score (nSPS) is 17.1. The molecule has 96 valence electrons. The largest absolute Gasteiger partial charge is 0.368 e. The minimum Gasteiger partial charge on any atom is -0.368 e. The maximum atomic E-state index is 4.27. The Bertz CT molecular complexity index is 501. The number of hydrogen-bond donors (Lipinski definition) is 2. The zero-order valence-electron chi connectivity index (χ0n) is 10.5. The van der Waals surface area contributed by atoms with Crippen molar-refractivity contribution < 1.29 is 0 Å². The monoisotopic (exact) mass is 245 g/mol. The first-order chi connectivity index (χ1) is 8.93. The fourth-order valence-corrected chi connectivity index (χ4v) is 2.77. The Labute approximate surface area is 106 Å². The van der Waals surface area contributed by atoms with Gasteiger partial charge in [-0.3, -0.25) is 0 Å². The van der Waals surface area contributed by atoms with Crippen molar-refractivity contribution in [2.24, 2.45) is 5.92 Å². The fraction of sp³-hybridized carbons (Fsp3) is 0.615. The molecule has 0 amide bonds. The molecule has 1 fully saturated rings. The molecule has 2 aromatic rings. The van der Waals surface area contributed by atoms with Gasteiger partial charge in [0.25, 0.3) is 0 Å². The van der Waals surface area contributed by atoms with Crippen LogP contribution in [0.25, 0.3) is 11.2 Å². The van der Waals surface area contributed by atoms with Crippen molar-refractivity contribution in [3.8, 4) is 0 Å². The first kappa shape index (κ1) is 11.4. The molecule has 18 heavy (non-hydrogen) atoms. The molecule has 0 spiro atoms. The first-order valence-corrected chi connectivity index (χ1v) is 6.81. The summed E-state index contributed by atoms with van der Waals surface area (Å²) in [6, 6.07) is 0. The van der Waals surface area contributed by atoms with Crippen LogP contribution in [0.1, 0.15) is 38.5 Å². The van der Waals surface area contributed by atoms with Crippen LogP contribution in [0.2, 0.25) is 0 Å². The van der Waals surface area contributed by atoms with E-state index in [-0.39, 0.29) is 0 Å². The number of hydrogen-bond acceptors (Lipinski definition) is 4. The van der Waals surface area contributed by atoms with Crippen LogP contribution in [-0.4, -0.2) is 26.5 Å². The number of imidazole rings is 1. The highest BCUT2D eigenvalue weighted by atomic mass is 15.1. The third-order valence-corrected chi connectivity index (χ3v) is 3.79. The molecule has 1 saturated carbocycles.